The van der Waals surface area contributed by atoms with Gasteiger partial charge in [-0.25, -0.2) is 0 Å². The number of carbonyl (C=O) groups excluding carboxylic acids is 1. The normalized spacial score (nSPS) is 13.5. The molecule has 6 nitrogen and oxygen atoms in total. The van der Waals surface area contributed by atoms with Crippen LogP contribution in [0.2, 0.25) is 10.0 Å². The van der Waals surface area contributed by atoms with Crippen molar-refractivity contribution in [1.82, 2.24) is 0 Å². The Hall–Kier alpha value is -1.34. The van der Waals surface area contributed by atoms with Crippen LogP contribution in [0, 0.1) is 5.92 Å². The van der Waals surface area contributed by atoms with E-state index in [4.69, 9.17) is 39.8 Å². The monoisotopic (exact) mass is 333 g/mol. The molecule has 0 aromatic heterocycles. The minimum atomic E-state index is -1.16. The summed E-state index contributed by atoms with van der Waals surface area (Å²) in [6, 6.07) is 3.51. The molecule has 2 atom stereocenters. The van der Waals surface area contributed by atoms with Crippen LogP contribution in [0.5, 0.6) is 0 Å². The Bertz CT molecular complexity index is 505. The summed E-state index contributed by atoms with van der Waals surface area (Å²) in [6.45, 7) is 0.251. The van der Waals surface area contributed by atoms with Gasteiger partial charge in [-0.3, -0.25) is 9.59 Å². The Kier molecular flexibility index (Phi) is 6.91. The number of halogens is 2. The Morgan fingerprint density at radius 3 is 2.29 bits per heavy atom. The first-order chi connectivity index (χ1) is 9.83. The lowest BCUT2D eigenvalue weighted by Crippen LogP contribution is -2.36. The molecule has 2 unspecified atom stereocenters. The largest absolute Gasteiger partial charge is 0.480 e. The number of carbonyl (C=O) groups is 2. The number of carboxylic acids is 1. The molecule has 0 bridgehead atoms. The molecule has 1 aromatic carbocycles. The van der Waals surface area contributed by atoms with Crippen molar-refractivity contribution >= 4 is 40.8 Å². The summed E-state index contributed by atoms with van der Waals surface area (Å²) in [5, 5.41) is 12.2. The number of benzene rings is 1. The van der Waals surface area contributed by atoms with Gasteiger partial charge < -0.3 is 21.9 Å². The lowest BCUT2D eigenvalue weighted by Gasteiger charge is -2.18. The summed E-state index contributed by atoms with van der Waals surface area (Å²) in [4.78, 5) is 23.0. The average molecular weight is 334 g/mol. The van der Waals surface area contributed by atoms with E-state index in [9.17, 15) is 9.59 Å². The molecule has 8 heteroatoms. The number of hydrogen-bond donors (Lipinski definition) is 4. The molecular weight excluding hydrogens is 317 g/mol. The Morgan fingerprint density at radius 2 is 1.81 bits per heavy atom. The third kappa shape index (κ3) is 5.89. The number of rotatable bonds is 7. The second-order valence-corrected chi connectivity index (χ2v) is 5.47. The highest BCUT2D eigenvalue weighted by Gasteiger charge is 2.24. The van der Waals surface area contributed by atoms with Crippen molar-refractivity contribution < 1.29 is 14.7 Å². The Morgan fingerprint density at radius 1 is 1.24 bits per heavy atom. The van der Waals surface area contributed by atoms with Crippen molar-refractivity contribution in [2.24, 2.45) is 17.4 Å². The van der Waals surface area contributed by atoms with E-state index in [1.807, 2.05) is 0 Å². The third-order valence-electron chi connectivity index (χ3n) is 2.87. The van der Waals surface area contributed by atoms with E-state index in [0.717, 1.165) is 0 Å². The first-order valence-electron chi connectivity index (χ1n) is 6.29. The number of amides is 1. The van der Waals surface area contributed by atoms with Crippen LogP contribution in [0.3, 0.4) is 0 Å². The molecule has 0 saturated heterocycles. The molecule has 21 heavy (non-hydrogen) atoms. The summed E-state index contributed by atoms with van der Waals surface area (Å²) >= 11 is 11.7. The van der Waals surface area contributed by atoms with Gasteiger partial charge in [0.2, 0.25) is 5.91 Å². The Labute approximate surface area is 132 Å². The molecule has 0 aliphatic rings. The smallest absolute Gasteiger partial charge is 0.320 e. The van der Waals surface area contributed by atoms with Crippen molar-refractivity contribution in [3.63, 3.8) is 0 Å². The van der Waals surface area contributed by atoms with E-state index in [2.05, 4.69) is 5.32 Å². The SMILES string of the molecule is NCCC(CC(N)C(=O)O)C(=O)Nc1cc(Cl)cc(Cl)c1. The van der Waals surface area contributed by atoms with Gasteiger partial charge in [0.1, 0.15) is 6.04 Å². The average Bonchev–Trinajstić information content (AvgIpc) is 2.36. The number of hydrogen-bond acceptors (Lipinski definition) is 4. The molecule has 1 rings (SSSR count). The predicted molar refractivity (Wildman–Crippen MR) is 82.5 cm³/mol. The number of anilines is 1. The molecule has 1 aromatic rings. The Balaban J connectivity index is 2.78. The second kappa shape index (κ2) is 8.19. The molecular formula is C13H17Cl2N3O3. The molecule has 116 valence electrons. The highest BCUT2D eigenvalue weighted by atomic mass is 35.5. The summed E-state index contributed by atoms with van der Waals surface area (Å²) in [5.41, 5.74) is 11.3. The number of nitrogens with two attached hydrogens (primary N) is 2. The third-order valence-corrected chi connectivity index (χ3v) is 3.31. The maximum Gasteiger partial charge on any atom is 0.320 e. The molecule has 0 fully saturated rings. The van der Waals surface area contributed by atoms with Gasteiger partial charge in [-0.15, -0.1) is 0 Å². The van der Waals surface area contributed by atoms with Gasteiger partial charge in [0, 0.05) is 21.7 Å². The van der Waals surface area contributed by atoms with Crippen LogP contribution in [0.1, 0.15) is 12.8 Å². The van der Waals surface area contributed by atoms with Crippen LogP contribution in [0.4, 0.5) is 5.69 Å². The maximum atomic E-state index is 12.2. The molecule has 0 aliphatic heterocycles. The number of aliphatic carboxylic acids is 1. The van der Waals surface area contributed by atoms with E-state index < -0.39 is 17.9 Å². The molecule has 0 spiro atoms. The minimum Gasteiger partial charge on any atom is -0.480 e. The van der Waals surface area contributed by atoms with Gasteiger partial charge in [0.05, 0.1) is 0 Å². The standard InChI is InChI=1S/C13H17Cl2N3O3/c14-8-4-9(15)6-10(5-8)18-12(19)7(1-2-16)3-11(17)13(20)21/h4-7,11H,1-3,16-17H2,(H,18,19)(H,20,21). The van der Waals surface area contributed by atoms with Crippen molar-refractivity contribution in [2.75, 3.05) is 11.9 Å². The summed E-state index contributed by atoms with van der Waals surface area (Å²) in [5.74, 6) is -2.12. The van der Waals surface area contributed by atoms with E-state index in [1.165, 1.54) is 6.07 Å². The quantitative estimate of drug-likeness (QED) is 0.605. The van der Waals surface area contributed by atoms with E-state index in [0.29, 0.717) is 22.2 Å². The van der Waals surface area contributed by atoms with Gasteiger partial charge in [-0.2, -0.15) is 0 Å². The lowest BCUT2D eigenvalue weighted by molar-refractivity contribution is -0.139. The number of nitrogens with one attached hydrogen (secondary N) is 1. The summed E-state index contributed by atoms with van der Waals surface area (Å²) in [7, 11) is 0. The van der Waals surface area contributed by atoms with Crippen LogP contribution in [0.25, 0.3) is 0 Å². The minimum absolute atomic E-state index is 0.00661. The fourth-order valence-corrected chi connectivity index (χ4v) is 2.36. The van der Waals surface area contributed by atoms with Gasteiger partial charge in [-0.1, -0.05) is 23.2 Å². The van der Waals surface area contributed by atoms with Crippen LogP contribution in [-0.4, -0.2) is 29.6 Å². The van der Waals surface area contributed by atoms with E-state index in [-0.39, 0.29) is 18.9 Å². The van der Waals surface area contributed by atoms with Gasteiger partial charge >= 0.3 is 5.97 Å². The molecule has 0 radical (unpaired) electrons. The van der Waals surface area contributed by atoms with Gasteiger partial charge in [-0.05, 0) is 37.6 Å². The lowest BCUT2D eigenvalue weighted by atomic mass is 9.95. The fourth-order valence-electron chi connectivity index (χ4n) is 1.83. The summed E-state index contributed by atoms with van der Waals surface area (Å²) < 4.78 is 0. The first-order valence-corrected chi connectivity index (χ1v) is 7.04. The van der Waals surface area contributed by atoms with Crippen LogP contribution >= 0.6 is 23.2 Å². The zero-order valence-electron chi connectivity index (χ0n) is 11.2. The van der Waals surface area contributed by atoms with Gasteiger partial charge in [0.15, 0.2) is 0 Å². The zero-order valence-corrected chi connectivity index (χ0v) is 12.7. The molecule has 6 N–H and O–H groups in total. The topological polar surface area (TPSA) is 118 Å². The summed E-state index contributed by atoms with van der Waals surface area (Å²) in [6.07, 6.45) is 0.341. The molecule has 0 saturated carbocycles. The van der Waals surface area contributed by atoms with Crippen LogP contribution in [-0.2, 0) is 9.59 Å². The van der Waals surface area contributed by atoms with E-state index >= 15 is 0 Å². The van der Waals surface area contributed by atoms with E-state index in [1.54, 1.807) is 12.1 Å². The van der Waals surface area contributed by atoms with Crippen molar-refractivity contribution in [2.45, 2.75) is 18.9 Å². The fraction of sp³-hybridized carbons (Fsp3) is 0.385. The predicted octanol–water partition coefficient (Wildman–Crippen LogP) is 1.70. The molecule has 1 amide bonds. The zero-order chi connectivity index (χ0) is 16.0. The van der Waals surface area contributed by atoms with Gasteiger partial charge in [0.25, 0.3) is 0 Å². The molecule has 0 aliphatic carbocycles. The first kappa shape index (κ1) is 17.7. The van der Waals surface area contributed by atoms with Crippen molar-refractivity contribution in [1.29, 1.82) is 0 Å². The van der Waals surface area contributed by atoms with Crippen LogP contribution < -0.4 is 16.8 Å². The highest BCUT2D eigenvalue weighted by molar-refractivity contribution is 6.35. The number of carboxylic acid groups (broad SMARTS) is 1. The van der Waals surface area contributed by atoms with Crippen molar-refractivity contribution in [3.05, 3.63) is 28.2 Å². The molecule has 0 heterocycles. The highest BCUT2D eigenvalue weighted by Crippen LogP contribution is 2.23. The van der Waals surface area contributed by atoms with Crippen molar-refractivity contribution in [3.8, 4) is 0 Å². The van der Waals surface area contributed by atoms with Crippen LogP contribution in [0.15, 0.2) is 18.2 Å². The second-order valence-electron chi connectivity index (χ2n) is 4.60. The maximum absolute atomic E-state index is 12.2.